The Labute approximate surface area is 111 Å². The summed E-state index contributed by atoms with van der Waals surface area (Å²) in [5.41, 5.74) is 2.52. The van der Waals surface area contributed by atoms with Crippen LogP contribution in [0.15, 0.2) is 26.1 Å². The molecule has 0 saturated carbocycles. The summed E-state index contributed by atoms with van der Waals surface area (Å²) in [6.07, 6.45) is 0. The van der Waals surface area contributed by atoms with Gasteiger partial charge in [-0.3, -0.25) is 0 Å². The number of carbonyl (C=O) groups is 1. The molecule has 1 saturated heterocycles. The van der Waals surface area contributed by atoms with Gasteiger partial charge in [-0.2, -0.15) is 0 Å². The van der Waals surface area contributed by atoms with E-state index in [9.17, 15) is 4.79 Å². The fraction of sp³-hybridized carbons (Fsp3) is 0.417. The number of carbonyl (C=O) groups excluding carboxylic acids is 1. The molecule has 0 aromatic heterocycles. The molecule has 1 amide bonds. The van der Waals surface area contributed by atoms with Gasteiger partial charge in [-0.1, -0.05) is 0 Å². The third-order valence-electron chi connectivity index (χ3n) is 3.48. The van der Waals surface area contributed by atoms with Crippen molar-refractivity contribution in [1.82, 2.24) is 5.32 Å². The molecule has 0 spiro atoms. The molecule has 1 aromatic carbocycles. The van der Waals surface area contributed by atoms with Gasteiger partial charge in [-0.15, -0.1) is 0 Å². The van der Waals surface area contributed by atoms with Crippen molar-refractivity contribution in [1.29, 1.82) is 0 Å². The quantitative estimate of drug-likeness (QED) is 0.850. The van der Waals surface area contributed by atoms with Crippen molar-refractivity contribution in [3.8, 4) is 0 Å². The molecule has 1 unspecified atom stereocenters. The van der Waals surface area contributed by atoms with E-state index < -0.39 is 0 Å². The molecule has 2 aliphatic heterocycles. The van der Waals surface area contributed by atoms with Gasteiger partial charge in [0.25, 0.3) is 0 Å². The van der Waals surface area contributed by atoms with E-state index in [-0.39, 0.29) is 26.4 Å². The van der Waals surface area contributed by atoms with Gasteiger partial charge in [0.2, 0.25) is 0 Å². The molecule has 6 heteroatoms. The Morgan fingerprint density at radius 3 is 3.06 bits per heavy atom. The second-order valence-corrected chi connectivity index (χ2v) is 5.74. The van der Waals surface area contributed by atoms with E-state index in [0.717, 1.165) is 30.2 Å². The third-order valence-corrected chi connectivity index (χ3v) is 4.62. The average Bonchev–Trinajstić information content (AvgIpc) is 2.75. The molecular formula is C12H14N4OSe. The van der Waals surface area contributed by atoms with Crippen molar-refractivity contribution in [2.45, 2.75) is 6.92 Å². The first-order valence-electron chi connectivity index (χ1n) is 5.98. The van der Waals surface area contributed by atoms with Crippen LogP contribution in [0.5, 0.6) is 0 Å². The summed E-state index contributed by atoms with van der Waals surface area (Å²) in [5.74, 6) is 0.558. The first-order chi connectivity index (χ1) is 8.75. The molecule has 94 valence electrons. The van der Waals surface area contributed by atoms with Crippen LogP contribution in [0.4, 0.5) is 17.1 Å². The summed E-state index contributed by atoms with van der Waals surface area (Å²) in [4.78, 5) is 12.1. The Balaban J connectivity index is 1.75. The van der Waals surface area contributed by atoms with Crippen LogP contribution in [0, 0.1) is 11.8 Å². The topological polar surface area (TPSA) is 65.8 Å². The van der Waals surface area contributed by atoms with E-state index in [0.29, 0.717) is 5.92 Å². The predicted molar refractivity (Wildman–Crippen MR) is 70.5 cm³/mol. The van der Waals surface area contributed by atoms with Crippen molar-refractivity contribution in [2.24, 2.45) is 19.8 Å². The maximum absolute atomic E-state index is 12.1. The van der Waals surface area contributed by atoms with E-state index in [4.69, 9.17) is 0 Å². The number of nitrogens with one attached hydrogen (secondary N) is 2. The van der Waals surface area contributed by atoms with Crippen molar-refractivity contribution < 1.29 is 4.79 Å². The van der Waals surface area contributed by atoms with Crippen molar-refractivity contribution >= 4 is 37.5 Å². The number of rotatable bonds is 3. The number of amides is 1. The van der Waals surface area contributed by atoms with Gasteiger partial charge < -0.3 is 0 Å². The van der Waals surface area contributed by atoms with Gasteiger partial charge in [0.1, 0.15) is 0 Å². The van der Waals surface area contributed by atoms with Crippen LogP contribution in [0.1, 0.15) is 6.92 Å². The molecule has 2 aliphatic rings. The summed E-state index contributed by atoms with van der Waals surface area (Å²) >= 11 is -0.0628. The van der Waals surface area contributed by atoms with Gasteiger partial charge in [0, 0.05) is 0 Å². The van der Waals surface area contributed by atoms with E-state index in [1.807, 2.05) is 25.1 Å². The van der Waals surface area contributed by atoms with Crippen LogP contribution in [-0.4, -0.2) is 33.6 Å². The zero-order chi connectivity index (χ0) is 12.5. The Morgan fingerprint density at radius 2 is 2.33 bits per heavy atom. The summed E-state index contributed by atoms with van der Waals surface area (Å²) in [6, 6.07) is 5.73. The fourth-order valence-electron chi connectivity index (χ4n) is 2.03. The van der Waals surface area contributed by atoms with Crippen LogP contribution >= 0.6 is 0 Å². The minimum atomic E-state index is -0.0628. The maximum atomic E-state index is 12.1. The number of anilines is 1. The molecule has 2 N–H and O–H groups in total. The summed E-state index contributed by atoms with van der Waals surface area (Å²) in [6.45, 7) is 3.85. The molecular weight excluding hydrogens is 295 g/mol. The average molecular weight is 309 g/mol. The normalized spacial score (nSPS) is 18.7. The Bertz CT molecular complexity index is 561. The summed E-state index contributed by atoms with van der Waals surface area (Å²) < 4.78 is 8.67. The molecule has 3 rings (SSSR count). The number of hydrogen-bond acceptors (Lipinski definition) is 4. The second kappa shape index (κ2) is 4.80. The number of fused-ring (bicyclic) bond motifs is 1. The van der Waals surface area contributed by atoms with Gasteiger partial charge in [-0.05, 0) is 0 Å². The van der Waals surface area contributed by atoms with Crippen molar-refractivity contribution in [2.75, 3.05) is 18.4 Å². The number of nitrogens with zero attached hydrogens (tertiary/aromatic N) is 2. The van der Waals surface area contributed by atoms with Crippen molar-refractivity contribution in [3.05, 3.63) is 18.2 Å². The van der Waals surface area contributed by atoms with Gasteiger partial charge in [0.05, 0.1) is 0 Å². The standard InChI is InChI=1S/C12H14N4OSe/c1-7(8-5-13-6-8)12(17)14-9-3-2-4-10-11(9)16-18-15-10/h2-4,7-8,13H,5-6H2,1H3,(H,14,17). The van der Waals surface area contributed by atoms with E-state index >= 15 is 0 Å². The third kappa shape index (κ3) is 2.07. The molecule has 1 atom stereocenters. The molecule has 18 heavy (non-hydrogen) atoms. The molecule has 0 bridgehead atoms. The molecule has 0 radical (unpaired) electrons. The monoisotopic (exact) mass is 310 g/mol. The Morgan fingerprint density at radius 1 is 1.50 bits per heavy atom. The van der Waals surface area contributed by atoms with Crippen molar-refractivity contribution in [3.63, 3.8) is 0 Å². The SMILES string of the molecule is CC(C(=O)Nc1cccc2c1N=[Se]=N2)C1CNC1. The van der Waals surface area contributed by atoms with E-state index in [2.05, 4.69) is 18.6 Å². The van der Waals surface area contributed by atoms with Crippen LogP contribution in [-0.2, 0) is 4.79 Å². The predicted octanol–water partition coefficient (Wildman–Crippen LogP) is 1.83. The van der Waals surface area contributed by atoms with Crippen LogP contribution in [0.3, 0.4) is 0 Å². The van der Waals surface area contributed by atoms with E-state index in [1.165, 1.54) is 0 Å². The van der Waals surface area contributed by atoms with Gasteiger partial charge in [0.15, 0.2) is 0 Å². The zero-order valence-electron chi connectivity index (χ0n) is 10.0. The Hall–Kier alpha value is -1.23. The second-order valence-electron chi connectivity index (χ2n) is 4.63. The fourth-order valence-corrected chi connectivity index (χ4v) is 3.19. The minimum absolute atomic E-state index is 0.0333. The molecule has 0 aliphatic carbocycles. The summed E-state index contributed by atoms with van der Waals surface area (Å²) in [7, 11) is 0. The molecule has 5 nitrogen and oxygen atoms in total. The molecule has 1 aromatic rings. The summed E-state index contributed by atoms with van der Waals surface area (Å²) in [5, 5.41) is 6.17. The Kier molecular flexibility index (Phi) is 3.16. The van der Waals surface area contributed by atoms with E-state index in [1.54, 1.807) is 0 Å². The number of hydrogen-bond donors (Lipinski definition) is 2. The molecule has 1 fully saturated rings. The van der Waals surface area contributed by atoms with Crippen LogP contribution < -0.4 is 10.6 Å². The zero-order valence-corrected chi connectivity index (χ0v) is 11.7. The van der Waals surface area contributed by atoms with Gasteiger partial charge in [-0.25, -0.2) is 0 Å². The first kappa shape index (κ1) is 11.8. The molecule has 2 heterocycles. The van der Waals surface area contributed by atoms with Crippen LogP contribution in [0.2, 0.25) is 0 Å². The van der Waals surface area contributed by atoms with Gasteiger partial charge >= 0.3 is 111 Å². The number of benzene rings is 1. The van der Waals surface area contributed by atoms with Crippen LogP contribution in [0.25, 0.3) is 0 Å². The first-order valence-corrected chi connectivity index (χ1v) is 7.52.